The lowest BCUT2D eigenvalue weighted by molar-refractivity contribution is -0.124. The number of hydrogen-bond donors (Lipinski definition) is 3. The second kappa shape index (κ2) is 4.58. The molecule has 1 aliphatic heterocycles. The van der Waals surface area contributed by atoms with E-state index >= 15 is 0 Å². The number of carbonyl (C=O) groups excluding carboxylic acids is 1. The van der Waals surface area contributed by atoms with Crippen LogP contribution in [-0.2, 0) is 4.79 Å². The van der Waals surface area contributed by atoms with Gasteiger partial charge in [-0.25, -0.2) is 0 Å². The van der Waals surface area contributed by atoms with Crippen molar-refractivity contribution in [2.45, 2.75) is 19.9 Å². The molecule has 0 aromatic carbocycles. The van der Waals surface area contributed by atoms with Gasteiger partial charge in [0.15, 0.2) is 0 Å². The summed E-state index contributed by atoms with van der Waals surface area (Å²) in [5, 5.41) is 6.57. The van der Waals surface area contributed by atoms with E-state index in [2.05, 4.69) is 10.6 Å². The molecular weight excluding hydrogens is 166 g/mol. The van der Waals surface area contributed by atoms with E-state index in [1.807, 2.05) is 13.8 Å². The summed E-state index contributed by atoms with van der Waals surface area (Å²) in [6.45, 7) is 6.80. The van der Waals surface area contributed by atoms with Crippen LogP contribution < -0.4 is 16.4 Å². The molecule has 0 aromatic rings. The van der Waals surface area contributed by atoms with Crippen LogP contribution in [0.3, 0.4) is 0 Å². The van der Waals surface area contributed by atoms with Crippen molar-refractivity contribution in [3.05, 3.63) is 0 Å². The molecule has 4 nitrogen and oxygen atoms in total. The first-order chi connectivity index (χ1) is 6.13. The largest absolute Gasteiger partial charge is 0.369 e. The SMILES string of the molecule is CC(C)C(C(N)=O)C1CNCCN1. The zero-order valence-electron chi connectivity index (χ0n) is 8.34. The molecule has 0 radical (unpaired) electrons. The van der Waals surface area contributed by atoms with Crippen LogP contribution in [0.1, 0.15) is 13.8 Å². The highest BCUT2D eigenvalue weighted by molar-refractivity contribution is 5.77. The fourth-order valence-corrected chi connectivity index (χ4v) is 1.92. The van der Waals surface area contributed by atoms with E-state index < -0.39 is 0 Å². The average Bonchev–Trinajstić information content (AvgIpc) is 2.04. The van der Waals surface area contributed by atoms with Crippen LogP contribution in [0.5, 0.6) is 0 Å². The van der Waals surface area contributed by atoms with Crippen molar-refractivity contribution in [2.24, 2.45) is 17.6 Å². The zero-order chi connectivity index (χ0) is 9.84. The Balaban J connectivity index is 2.57. The molecule has 4 N–H and O–H groups in total. The normalized spacial score (nSPS) is 25.9. The molecule has 1 fully saturated rings. The molecule has 13 heavy (non-hydrogen) atoms. The standard InChI is InChI=1S/C9H19N3O/c1-6(2)8(9(10)13)7-5-11-3-4-12-7/h6-8,11-12H,3-5H2,1-2H3,(H2,10,13). The van der Waals surface area contributed by atoms with Crippen LogP contribution in [0, 0.1) is 11.8 Å². The van der Waals surface area contributed by atoms with E-state index in [4.69, 9.17) is 5.73 Å². The lowest BCUT2D eigenvalue weighted by atomic mass is 9.87. The Hall–Kier alpha value is -0.610. The van der Waals surface area contributed by atoms with Crippen molar-refractivity contribution < 1.29 is 4.79 Å². The van der Waals surface area contributed by atoms with Crippen LogP contribution in [0.15, 0.2) is 0 Å². The zero-order valence-corrected chi connectivity index (χ0v) is 8.34. The molecular formula is C9H19N3O. The Kier molecular flexibility index (Phi) is 3.69. The maximum absolute atomic E-state index is 11.2. The van der Waals surface area contributed by atoms with Gasteiger partial charge in [-0.2, -0.15) is 0 Å². The fourth-order valence-electron chi connectivity index (χ4n) is 1.92. The molecule has 2 atom stereocenters. The summed E-state index contributed by atoms with van der Waals surface area (Å²) in [6, 6.07) is 0.200. The van der Waals surface area contributed by atoms with Crippen LogP contribution in [0.25, 0.3) is 0 Å². The van der Waals surface area contributed by atoms with Gasteiger partial charge < -0.3 is 16.4 Å². The predicted octanol–water partition coefficient (Wildman–Crippen LogP) is -0.695. The lowest BCUT2D eigenvalue weighted by Gasteiger charge is -2.32. The van der Waals surface area contributed by atoms with E-state index in [0.717, 1.165) is 19.6 Å². The first kappa shape index (κ1) is 10.5. The molecule has 0 saturated carbocycles. The molecule has 0 spiro atoms. The van der Waals surface area contributed by atoms with Gasteiger partial charge in [0.1, 0.15) is 0 Å². The lowest BCUT2D eigenvalue weighted by Crippen LogP contribution is -2.55. The molecule has 4 heteroatoms. The summed E-state index contributed by atoms with van der Waals surface area (Å²) in [5.41, 5.74) is 5.36. The van der Waals surface area contributed by atoms with Gasteiger partial charge >= 0.3 is 0 Å². The van der Waals surface area contributed by atoms with Gasteiger partial charge in [-0.3, -0.25) is 4.79 Å². The fraction of sp³-hybridized carbons (Fsp3) is 0.889. The number of carbonyl (C=O) groups is 1. The van der Waals surface area contributed by atoms with E-state index in [9.17, 15) is 4.79 Å². The van der Waals surface area contributed by atoms with E-state index in [-0.39, 0.29) is 17.9 Å². The molecule has 0 aliphatic carbocycles. The van der Waals surface area contributed by atoms with Gasteiger partial charge in [-0.1, -0.05) is 13.8 Å². The number of nitrogens with one attached hydrogen (secondary N) is 2. The van der Waals surface area contributed by atoms with Gasteiger partial charge in [0.05, 0.1) is 5.92 Å². The number of nitrogens with two attached hydrogens (primary N) is 1. The summed E-state index contributed by atoms with van der Waals surface area (Å²) in [5.74, 6) is 0.0406. The Bertz CT molecular complexity index is 176. The Labute approximate surface area is 79.3 Å². The monoisotopic (exact) mass is 185 g/mol. The highest BCUT2D eigenvalue weighted by Gasteiger charge is 2.29. The summed E-state index contributed by atoms with van der Waals surface area (Å²) < 4.78 is 0. The number of piperazine rings is 1. The summed E-state index contributed by atoms with van der Waals surface area (Å²) in [6.07, 6.45) is 0. The quantitative estimate of drug-likeness (QED) is 0.545. The van der Waals surface area contributed by atoms with Gasteiger partial charge in [0.25, 0.3) is 0 Å². The molecule has 1 aliphatic rings. The Morgan fingerprint density at radius 1 is 1.46 bits per heavy atom. The van der Waals surface area contributed by atoms with Crippen molar-refractivity contribution in [3.63, 3.8) is 0 Å². The first-order valence-electron chi connectivity index (χ1n) is 4.86. The second-order valence-corrected chi connectivity index (χ2v) is 3.94. The van der Waals surface area contributed by atoms with Gasteiger partial charge in [0.2, 0.25) is 5.91 Å². The topological polar surface area (TPSA) is 67.2 Å². The Morgan fingerprint density at radius 2 is 2.15 bits per heavy atom. The smallest absolute Gasteiger partial charge is 0.222 e. The maximum Gasteiger partial charge on any atom is 0.222 e. The molecule has 2 unspecified atom stereocenters. The number of rotatable bonds is 3. The predicted molar refractivity (Wildman–Crippen MR) is 52.2 cm³/mol. The molecule has 1 saturated heterocycles. The third-order valence-electron chi connectivity index (χ3n) is 2.55. The summed E-state index contributed by atoms with van der Waals surface area (Å²) in [7, 11) is 0. The molecule has 1 amide bonds. The molecule has 1 heterocycles. The minimum atomic E-state index is -0.198. The summed E-state index contributed by atoms with van der Waals surface area (Å²) >= 11 is 0. The molecule has 1 rings (SSSR count). The maximum atomic E-state index is 11.2. The molecule has 76 valence electrons. The van der Waals surface area contributed by atoms with Gasteiger partial charge in [-0.15, -0.1) is 0 Å². The van der Waals surface area contributed by atoms with Crippen LogP contribution in [0.2, 0.25) is 0 Å². The number of amides is 1. The third kappa shape index (κ3) is 2.67. The second-order valence-electron chi connectivity index (χ2n) is 3.94. The van der Waals surface area contributed by atoms with Crippen molar-refractivity contribution in [1.29, 1.82) is 0 Å². The van der Waals surface area contributed by atoms with Crippen molar-refractivity contribution in [1.82, 2.24) is 10.6 Å². The van der Waals surface area contributed by atoms with E-state index in [0.29, 0.717) is 5.92 Å². The van der Waals surface area contributed by atoms with Crippen LogP contribution in [-0.4, -0.2) is 31.6 Å². The van der Waals surface area contributed by atoms with Gasteiger partial charge in [0, 0.05) is 25.7 Å². The average molecular weight is 185 g/mol. The van der Waals surface area contributed by atoms with Crippen LogP contribution in [0.4, 0.5) is 0 Å². The van der Waals surface area contributed by atoms with Crippen molar-refractivity contribution in [3.8, 4) is 0 Å². The van der Waals surface area contributed by atoms with Crippen molar-refractivity contribution in [2.75, 3.05) is 19.6 Å². The third-order valence-corrected chi connectivity index (χ3v) is 2.55. The molecule has 0 aromatic heterocycles. The van der Waals surface area contributed by atoms with Crippen molar-refractivity contribution >= 4 is 5.91 Å². The minimum absolute atomic E-state index is 0.0622. The highest BCUT2D eigenvalue weighted by Crippen LogP contribution is 2.15. The highest BCUT2D eigenvalue weighted by atomic mass is 16.1. The number of primary amides is 1. The van der Waals surface area contributed by atoms with E-state index in [1.165, 1.54) is 0 Å². The first-order valence-corrected chi connectivity index (χ1v) is 4.86. The van der Waals surface area contributed by atoms with E-state index in [1.54, 1.807) is 0 Å². The Morgan fingerprint density at radius 3 is 2.54 bits per heavy atom. The molecule has 0 bridgehead atoms. The van der Waals surface area contributed by atoms with Gasteiger partial charge in [-0.05, 0) is 5.92 Å². The summed E-state index contributed by atoms with van der Waals surface area (Å²) in [4.78, 5) is 11.2. The van der Waals surface area contributed by atoms with Crippen LogP contribution >= 0.6 is 0 Å². The minimum Gasteiger partial charge on any atom is -0.369 e. The number of hydrogen-bond acceptors (Lipinski definition) is 3.